The Hall–Kier alpha value is -1.27. The predicted octanol–water partition coefficient (Wildman–Crippen LogP) is 1.75. The topological polar surface area (TPSA) is 78.6 Å². The van der Waals surface area contributed by atoms with E-state index >= 15 is 0 Å². The molecule has 114 valence electrons. The average Bonchev–Trinajstić information content (AvgIpc) is 2.40. The molecule has 2 N–H and O–H groups in total. The standard InChI is InChI=1S/C14H23NO4S/c1-3-8-20(16,17)9-7-19-13-6-5-12(11-15)10-14(13)18-4-2/h5-6,10H,3-4,7-9,11,15H2,1-2H3. The summed E-state index contributed by atoms with van der Waals surface area (Å²) in [5, 5.41) is 0. The largest absolute Gasteiger partial charge is 0.490 e. The van der Waals surface area contributed by atoms with Crippen molar-refractivity contribution < 1.29 is 17.9 Å². The summed E-state index contributed by atoms with van der Waals surface area (Å²) in [7, 11) is -3.03. The molecule has 0 spiro atoms. The van der Waals surface area contributed by atoms with Crippen molar-refractivity contribution in [3.05, 3.63) is 23.8 Å². The summed E-state index contributed by atoms with van der Waals surface area (Å²) in [5.41, 5.74) is 6.52. The Morgan fingerprint density at radius 3 is 2.45 bits per heavy atom. The third kappa shape index (κ3) is 5.38. The molecule has 6 heteroatoms. The highest BCUT2D eigenvalue weighted by molar-refractivity contribution is 7.91. The summed E-state index contributed by atoms with van der Waals surface area (Å²) >= 11 is 0. The van der Waals surface area contributed by atoms with Gasteiger partial charge in [0, 0.05) is 6.54 Å². The van der Waals surface area contributed by atoms with E-state index in [2.05, 4.69) is 0 Å². The summed E-state index contributed by atoms with van der Waals surface area (Å²) in [6, 6.07) is 5.43. The summed E-state index contributed by atoms with van der Waals surface area (Å²) < 4.78 is 34.2. The molecular formula is C14H23NO4S. The van der Waals surface area contributed by atoms with Crippen LogP contribution in [0.3, 0.4) is 0 Å². The van der Waals surface area contributed by atoms with Gasteiger partial charge >= 0.3 is 0 Å². The van der Waals surface area contributed by atoms with Crippen LogP contribution >= 0.6 is 0 Å². The van der Waals surface area contributed by atoms with E-state index in [0.29, 0.717) is 31.1 Å². The molecule has 1 aromatic rings. The minimum absolute atomic E-state index is 0.0189. The van der Waals surface area contributed by atoms with Gasteiger partial charge in [0.1, 0.15) is 6.61 Å². The molecular weight excluding hydrogens is 278 g/mol. The second kappa shape index (κ2) is 8.11. The van der Waals surface area contributed by atoms with E-state index in [9.17, 15) is 8.42 Å². The molecule has 0 aliphatic carbocycles. The van der Waals surface area contributed by atoms with Gasteiger partial charge in [0.15, 0.2) is 21.3 Å². The molecule has 0 atom stereocenters. The Morgan fingerprint density at radius 1 is 1.10 bits per heavy atom. The molecule has 1 aromatic carbocycles. The Labute approximate surface area is 121 Å². The number of sulfone groups is 1. The number of ether oxygens (including phenoxy) is 2. The molecule has 0 aromatic heterocycles. The lowest BCUT2D eigenvalue weighted by atomic mass is 10.2. The maximum absolute atomic E-state index is 11.6. The minimum Gasteiger partial charge on any atom is -0.490 e. The second-order valence-corrected chi connectivity index (χ2v) is 6.72. The monoisotopic (exact) mass is 301 g/mol. The highest BCUT2D eigenvalue weighted by Crippen LogP contribution is 2.28. The van der Waals surface area contributed by atoms with E-state index in [1.807, 2.05) is 26.0 Å². The first-order valence-corrected chi connectivity index (χ1v) is 8.63. The van der Waals surface area contributed by atoms with Crippen LogP contribution in [0.4, 0.5) is 0 Å². The lowest BCUT2D eigenvalue weighted by Gasteiger charge is -2.13. The molecule has 0 bridgehead atoms. The first-order chi connectivity index (χ1) is 9.52. The molecule has 0 heterocycles. The Kier molecular flexibility index (Phi) is 6.81. The van der Waals surface area contributed by atoms with Crippen LogP contribution in [0.5, 0.6) is 11.5 Å². The van der Waals surface area contributed by atoms with Gasteiger partial charge in [-0.1, -0.05) is 13.0 Å². The maximum atomic E-state index is 11.6. The SMILES string of the molecule is CCCS(=O)(=O)CCOc1ccc(CN)cc1OCC. The highest BCUT2D eigenvalue weighted by Gasteiger charge is 2.11. The third-order valence-corrected chi connectivity index (χ3v) is 4.53. The average molecular weight is 301 g/mol. The number of nitrogens with two attached hydrogens (primary N) is 1. The number of rotatable bonds is 9. The molecule has 0 aliphatic heterocycles. The molecule has 0 fully saturated rings. The van der Waals surface area contributed by atoms with E-state index in [1.54, 1.807) is 6.07 Å². The quantitative estimate of drug-likeness (QED) is 0.751. The predicted molar refractivity (Wildman–Crippen MR) is 79.9 cm³/mol. The molecule has 0 saturated carbocycles. The Balaban J connectivity index is 2.67. The molecule has 20 heavy (non-hydrogen) atoms. The van der Waals surface area contributed by atoms with Gasteiger partial charge in [-0.25, -0.2) is 8.42 Å². The Bertz CT molecular complexity index is 514. The number of hydrogen-bond acceptors (Lipinski definition) is 5. The van der Waals surface area contributed by atoms with Crippen LogP contribution in [0, 0.1) is 0 Å². The fourth-order valence-electron chi connectivity index (χ4n) is 1.76. The lowest BCUT2D eigenvalue weighted by molar-refractivity contribution is 0.288. The minimum atomic E-state index is -3.03. The van der Waals surface area contributed by atoms with Crippen molar-refractivity contribution in [2.75, 3.05) is 24.7 Å². The molecule has 0 saturated heterocycles. The first kappa shape index (κ1) is 16.8. The van der Waals surface area contributed by atoms with E-state index in [4.69, 9.17) is 15.2 Å². The summed E-state index contributed by atoms with van der Waals surface area (Å²) in [4.78, 5) is 0. The summed E-state index contributed by atoms with van der Waals surface area (Å²) in [6.45, 7) is 4.79. The van der Waals surface area contributed by atoms with Gasteiger partial charge in [0.25, 0.3) is 0 Å². The molecule has 0 aliphatic rings. The zero-order chi connectivity index (χ0) is 15.0. The van der Waals surface area contributed by atoms with Gasteiger partial charge in [0.05, 0.1) is 18.1 Å². The van der Waals surface area contributed by atoms with Crippen LogP contribution in [-0.4, -0.2) is 33.1 Å². The van der Waals surface area contributed by atoms with E-state index < -0.39 is 9.84 Å². The maximum Gasteiger partial charge on any atom is 0.161 e. The van der Waals surface area contributed by atoms with Crippen molar-refractivity contribution >= 4 is 9.84 Å². The van der Waals surface area contributed by atoms with Gasteiger partial charge < -0.3 is 15.2 Å². The van der Waals surface area contributed by atoms with Crippen LogP contribution in [0.1, 0.15) is 25.8 Å². The van der Waals surface area contributed by atoms with Crippen molar-refractivity contribution in [2.45, 2.75) is 26.8 Å². The first-order valence-electron chi connectivity index (χ1n) is 6.81. The summed E-state index contributed by atoms with van der Waals surface area (Å²) in [5.74, 6) is 1.37. The van der Waals surface area contributed by atoms with Gasteiger partial charge in [-0.3, -0.25) is 0 Å². The molecule has 0 amide bonds. The van der Waals surface area contributed by atoms with Gasteiger partial charge in [-0.05, 0) is 31.0 Å². The van der Waals surface area contributed by atoms with Crippen LogP contribution in [0.15, 0.2) is 18.2 Å². The third-order valence-electron chi connectivity index (χ3n) is 2.71. The fourth-order valence-corrected chi connectivity index (χ4v) is 2.92. The normalized spacial score (nSPS) is 11.3. The summed E-state index contributed by atoms with van der Waals surface area (Å²) in [6.07, 6.45) is 0.623. The lowest BCUT2D eigenvalue weighted by Crippen LogP contribution is -2.17. The Morgan fingerprint density at radius 2 is 1.85 bits per heavy atom. The fraction of sp³-hybridized carbons (Fsp3) is 0.571. The second-order valence-electron chi connectivity index (χ2n) is 4.42. The number of hydrogen-bond donors (Lipinski definition) is 1. The van der Waals surface area contributed by atoms with E-state index in [0.717, 1.165) is 5.56 Å². The number of benzene rings is 1. The van der Waals surface area contributed by atoms with Gasteiger partial charge in [0.2, 0.25) is 0 Å². The van der Waals surface area contributed by atoms with Gasteiger partial charge in [-0.15, -0.1) is 0 Å². The molecule has 0 radical (unpaired) electrons. The van der Waals surface area contributed by atoms with Crippen molar-refractivity contribution in [2.24, 2.45) is 5.73 Å². The van der Waals surface area contributed by atoms with Crippen molar-refractivity contribution in [1.29, 1.82) is 0 Å². The van der Waals surface area contributed by atoms with E-state index in [-0.39, 0.29) is 18.1 Å². The molecule has 1 rings (SSSR count). The smallest absolute Gasteiger partial charge is 0.161 e. The van der Waals surface area contributed by atoms with Crippen LogP contribution in [-0.2, 0) is 16.4 Å². The van der Waals surface area contributed by atoms with E-state index in [1.165, 1.54) is 0 Å². The van der Waals surface area contributed by atoms with Crippen LogP contribution in [0.25, 0.3) is 0 Å². The van der Waals surface area contributed by atoms with Crippen molar-refractivity contribution in [1.82, 2.24) is 0 Å². The molecule has 5 nitrogen and oxygen atoms in total. The van der Waals surface area contributed by atoms with Crippen molar-refractivity contribution in [3.63, 3.8) is 0 Å². The van der Waals surface area contributed by atoms with Crippen molar-refractivity contribution in [3.8, 4) is 11.5 Å². The highest BCUT2D eigenvalue weighted by atomic mass is 32.2. The van der Waals surface area contributed by atoms with Crippen LogP contribution in [0.2, 0.25) is 0 Å². The molecule has 0 unspecified atom stereocenters. The van der Waals surface area contributed by atoms with Gasteiger partial charge in [-0.2, -0.15) is 0 Å². The zero-order valence-corrected chi connectivity index (χ0v) is 12.9. The van der Waals surface area contributed by atoms with Crippen LogP contribution < -0.4 is 15.2 Å². The zero-order valence-electron chi connectivity index (χ0n) is 12.1.